The van der Waals surface area contributed by atoms with Crippen LogP contribution in [0.4, 0.5) is 10.5 Å². The summed E-state index contributed by atoms with van der Waals surface area (Å²) in [6.45, 7) is -0.553. The summed E-state index contributed by atoms with van der Waals surface area (Å²) < 4.78 is 28.9. The maximum atomic E-state index is 16.5. The van der Waals surface area contributed by atoms with Gasteiger partial charge < -0.3 is 39.1 Å². The van der Waals surface area contributed by atoms with Crippen LogP contribution in [0, 0.1) is 17.8 Å². The Kier molecular flexibility index (Phi) is 13.1. The number of cyclic esters (lactones) is 1. The molecule has 3 N–H and O–H groups in total. The third-order valence-corrected chi connectivity index (χ3v) is 13.3. The summed E-state index contributed by atoms with van der Waals surface area (Å²) in [5.41, 5.74) is 2.76. The van der Waals surface area contributed by atoms with Gasteiger partial charge in [0, 0.05) is 18.2 Å². The number of fused-ring (bicyclic) bond motifs is 4. The average molecular weight is 952 g/mol. The second kappa shape index (κ2) is 20.0. The Bertz CT molecular complexity index is 3140. The van der Waals surface area contributed by atoms with Crippen LogP contribution in [0.15, 0.2) is 152 Å². The first-order chi connectivity index (χ1) is 34.7. The number of imidazole rings is 1. The molecule has 15 heteroatoms. The number of amides is 3. The lowest BCUT2D eigenvalue weighted by molar-refractivity contribution is -0.178. The molecule has 3 aliphatic heterocycles. The number of ether oxygens (including phenoxy) is 5. The quantitative estimate of drug-likeness (QED) is 0.0607. The van der Waals surface area contributed by atoms with Crippen LogP contribution >= 0.6 is 0 Å². The monoisotopic (exact) mass is 951 g/mol. The zero-order valence-corrected chi connectivity index (χ0v) is 38.8. The molecule has 3 amide bonds. The van der Waals surface area contributed by atoms with Gasteiger partial charge in [0.15, 0.2) is 0 Å². The summed E-state index contributed by atoms with van der Waals surface area (Å²) in [5, 5.41) is 12.9. The number of aliphatic hydroxyl groups is 1. The van der Waals surface area contributed by atoms with Crippen LogP contribution < -0.4 is 19.7 Å². The molecule has 0 bridgehead atoms. The fraction of sp³-hybridized carbons (Fsp3) is 0.232. The molecule has 0 radical (unpaired) electrons. The standard InChI is InChI=1S/C56H49N5O10/c1-67-30-31-70-55(66)60-45-27-24-36(21-20-35-22-25-40(68-2)26-23-35)32-42(45)56(54(60)65)47(52(63)57-34-46-58-43-18-9-10-19-44(43)59-46)49-53(64)71-50(38-14-7-4-8-15-38)48(37-12-5-3-6-13-37)61(49)51(56)39-16-11-17-41(33-39)69-29-28-62/h3-19,22-27,32-33,47-51,62H,28-31,34H2,1-2H3,(H,57,63)(H,58,59). The minimum absolute atomic E-state index is 0.0352. The van der Waals surface area contributed by atoms with Gasteiger partial charge in [-0.2, -0.15) is 0 Å². The van der Waals surface area contributed by atoms with E-state index >= 15 is 14.4 Å². The van der Waals surface area contributed by atoms with E-state index in [0.717, 1.165) is 16.0 Å². The average Bonchev–Trinajstić information content (AvgIpc) is 4.05. The van der Waals surface area contributed by atoms with Crippen molar-refractivity contribution in [2.45, 2.75) is 36.2 Å². The summed E-state index contributed by atoms with van der Waals surface area (Å²) in [6, 6.07) is 42.1. The highest BCUT2D eigenvalue weighted by Gasteiger charge is 2.75. The summed E-state index contributed by atoms with van der Waals surface area (Å²) in [5.74, 6) is 4.08. The van der Waals surface area contributed by atoms with E-state index in [2.05, 4.69) is 22.1 Å². The smallest absolute Gasteiger partial charge is 0.421 e. The number of aromatic amines is 1. The predicted molar refractivity (Wildman–Crippen MR) is 261 cm³/mol. The van der Waals surface area contributed by atoms with Crippen molar-refractivity contribution in [2.75, 3.05) is 45.5 Å². The maximum absolute atomic E-state index is 16.5. The first kappa shape index (κ1) is 46.4. The normalized spacial score (nSPS) is 21.2. The van der Waals surface area contributed by atoms with Crippen LogP contribution in [0.25, 0.3) is 11.0 Å². The van der Waals surface area contributed by atoms with Crippen molar-refractivity contribution in [1.29, 1.82) is 0 Å². The van der Waals surface area contributed by atoms with Gasteiger partial charge in [0.05, 0.1) is 61.6 Å². The Morgan fingerprint density at radius 3 is 2.20 bits per heavy atom. The first-order valence-electron chi connectivity index (χ1n) is 23.2. The molecule has 358 valence electrons. The molecule has 71 heavy (non-hydrogen) atoms. The number of hydrogen-bond acceptors (Lipinski definition) is 12. The molecule has 10 rings (SSSR count). The molecule has 1 spiro atoms. The number of para-hydroxylation sites is 2. The molecule has 6 aromatic carbocycles. The van der Waals surface area contributed by atoms with E-state index < -0.39 is 59.4 Å². The van der Waals surface area contributed by atoms with Crippen molar-refractivity contribution in [3.05, 3.63) is 191 Å². The van der Waals surface area contributed by atoms with E-state index in [4.69, 9.17) is 28.7 Å². The zero-order valence-electron chi connectivity index (χ0n) is 38.8. The number of benzene rings is 6. The number of morpholine rings is 1. The Labute approximate surface area is 409 Å². The van der Waals surface area contributed by atoms with Gasteiger partial charge in [-0.3, -0.25) is 19.3 Å². The number of carbonyl (C=O) groups excluding carboxylic acids is 4. The minimum atomic E-state index is -2.09. The molecule has 0 aliphatic carbocycles. The molecule has 2 fully saturated rings. The topological polar surface area (TPSA) is 182 Å². The van der Waals surface area contributed by atoms with Crippen LogP contribution in [-0.4, -0.2) is 90.5 Å². The third-order valence-electron chi connectivity index (χ3n) is 13.3. The van der Waals surface area contributed by atoms with E-state index in [-0.39, 0.29) is 44.2 Å². The summed E-state index contributed by atoms with van der Waals surface area (Å²) >= 11 is 0. The molecule has 6 unspecified atom stereocenters. The van der Waals surface area contributed by atoms with E-state index in [1.165, 1.54) is 7.11 Å². The maximum Gasteiger partial charge on any atom is 0.421 e. The number of methoxy groups -OCH3 is 2. The van der Waals surface area contributed by atoms with Gasteiger partial charge in [0.1, 0.15) is 48.1 Å². The highest BCUT2D eigenvalue weighted by Crippen LogP contribution is 2.66. The Morgan fingerprint density at radius 2 is 1.46 bits per heavy atom. The van der Waals surface area contributed by atoms with Crippen molar-refractivity contribution in [3.8, 4) is 23.3 Å². The number of rotatable bonds is 13. The van der Waals surface area contributed by atoms with Crippen LogP contribution in [0.2, 0.25) is 0 Å². The second-order valence-electron chi connectivity index (χ2n) is 17.3. The molecule has 2 saturated heterocycles. The molecular formula is C56H49N5O10. The fourth-order valence-electron chi connectivity index (χ4n) is 10.4. The SMILES string of the molecule is COCCOC(=O)N1C(=O)C2(c3cc(C#Cc4ccc(OC)cc4)ccc31)C(C(=O)NCc1nc3ccccc3[nH]1)C1C(=O)OC(c3ccccc3)C(c3ccccc3)N1C2c1cccc(OCCO)c1. The number of aliphatic hydroxyl groups excluding tert-OH is 1. The number of anilines is 1. The molecule has 4 heterocycles. The van der Waals surface area contributed by atoms with E-state index in [9.17, 15) is 9.90 Å². The number of nitrogens with zero attached hydrogens (tertiary/aromatic N) is 3. The molecule has 15 nitrogen and oxygen atoms in total. The Morgan fingerprint density at radius 1 is 0.761 bits per heavy atom. The molecule has 7 aromatic rings. The summed E-state index contributed by atoms with van der Waals surface area (Å²) in [4.78, 5) is 73.3. The van der Waals surface area contributed by atoms with Gasteiger partial charge in [0.25, 0.3) is 0 Å². The van der Waals surface area contributed by atoms with Crippen LogP contribution in [0.1, 0.15) is 57.4 Å². The van der Waals surface area contributed by atoms with Crippen molar-refractivity contribution < 1.29 is 48.0 Å². The summed E-state index contributed by atoms with van der Waals surface area (Å²) in [7, 11) is 3.04. The lowest BCUT2D eigenvalue weighted by atomic mass is 9.65. The van der Waals surface area contributed by atoms with Gasteiger partial charge >= 0.3 is 12.1 Å². The van der Waals surface area contributed by atoms with Gasteiger partial charge in [-0.25, -0.2) is 14.7 Å². The fourth-order valence-corrected chi connectivity index (χ4v) is 10.4. The first-order valence-corrected chi connectivity index (χ1v) is 23.2. The van der Waals surface area contributed by atoms with Crippen LogP contribution in [0.3, 0.4) is 0 Å². The number of aromatic nitrogens is 2. The third kappa shape index (κ3) is 8.52. The lowest BCUT2D eigenvalue weighted by Crippen LogP contribution is -2.55. The van der Waals surface area contributed by atoms with Crippen molar-refractivity contribution in [2.24, 2.45) is 5.92 Å². The minimum Gasteiger partial charge on any atom is -0.497 e. The number of imide groups is 1. The number of esters is 1. The van der Waals surface area contributed by atoms with Gasteiger partial charge in [-0.1, -0.05) is 96.8 Å². The van der Waals surface area contributed by atoms with Gasteiger partial charge in [0.2, 0.25) is 11.8 Å². The van der Waals surface area contributed by atoms with Crippen molar-refractivity contribution in [3.63, 3.8) is 0 Å². The van der Waals surface area contributed by atoms with Crippen LogP contribution in [0.5, 0.6) is 11.5 Å². The molecule has 3 aliphatic rings. The highest BCUT2D eigenvalue weighted by molar-refractivity contribution is 6.23. The number of H-pyrrole nitrogens is 1. The van der Waals surface area contributed by atoms with Crippen molar-refractivity contribution >= 4 is 40.6 Å². The zero-order chi connectivity index (χ0) is 49.1. The number of carbonyl (C=O) groups is 4. The molecular weight excluding hydrogens is 903 g/mol. The molecule has 1 aromatic heterocycles. The Hall–Kier alpha value is -8.29. The number of nitrogens with one attached hydrogen (secondary N) is 2. The van der Waals surface area contributed by atoms with Crippen LogP contribution in [-0.2, 0) is 40.6 Å². The number of hydrogen-bond donors (Lipinski definition) is 3. The largest absolute Gasteiger partial charge is 0.497 e. The summed E-state index contributed by atoms with van der Waals surface area (Å²) in [6.07, 6.45) is -1.95. The lowest BCUT2D eigenvalue weighted by Gasteiger charge is -2.46. The molecule has 0 saturated carbocycles. The predicted octanol–water partition coefficient (Wildman–Crippen LogP) is 7.11. The highest BCUT2D eigenvalue weighted by atomic mass is 16.6. The van der Waals surface area contributed by atoms with E-state index in [1.807, 2.05) is 108 Å². The second-order valence-corrected chi connectivity index (χ2v) is 17.3. The Balaban J connectivity index is 1.25. The van der Waals surface area contributed by atoms with Gasteiger partial charge in [-0.15, -0.1) is 0 Å². The van der Waals surface area contributed by atoms with Crippen molar-refractivity contribution in [1.82, 2.24) is 20.2 Å². The van der Waals surface area contributed by atoms with Gasteiger partial charge in [-0.05, 0) is 89.0 Å². The van der Waals surface area contributed by atoms with E-state index in [0.29, 0.717) is 45.1 Å². The van der Waals surface area contributed by atoms with E-state index in [1.54, 1.807) is 55.6 Å². The molecule has 6 atom stereocenters.